The van der Waals surface area contributed by atoms with Gasteiger partial charge in [-0.05, 0) is 56.4 Å². The smallest absolute Gasteiger partial charge is 0.222 e. The zero-order chi connectivity index (χ0) is 26.3. The molecule has 1 atom stereocenters. The molecule has 1 aliphatic carbocycles. The molecule has 4 aromatic rings. The predicted octanol–water partition coefficient (Wildman–Crippen LogP) is 6.17. The van der Waals surface area contributed by atoms with Gasteiger partial charge in [0.1, 0.15) is 17.2 Å². The van der Waals surface area contributed by atoms with Crippen molar-refractivity contribution >= 4 is 28.5 Å². The molecular weight excluding hydrogens is 493 g/mol. The number of aromatic nitrogens is 4. The van der Waals surface area contributed by atoms with Crippen LogP contribution in [0.25, 0.3) is 22.2 Å². The minimum Gasteiger partial charge on any atom is -0.496 e. The molecule has 37 heavy (non-hydrogen) atoms. The van der Waals surface area contributed by atoms with Crippen LogP contribution >= 0.6 is 11.6 Å². The van der Waals surface area contributed by atoms with Crippen LogP contribution in [-0.4, -0.2) is 39.8 Å². The van der Waals surface area contributed by atoms with E-state index in [9.17, 15) is 9.18 Å². The predicted molar refractivity (Wildman–Crippen MR) is 143 cm³/mol. The molecule has 0 aliphatic heterocycles. The minimum atomic E-state index is -0.477. The number of fused-ring (bicyclic) bond motifs is 1. The molecule has 1 aliphatic rings. The van der Waals surface area contributed by atoms with Gasteiger partial charge in [0.05, 0.1) is 23.9 Å². The molecule has 0 bridgehead atoms. The van der Waals surface area contributed by atoms with Crippen molar-refractivity contribution in [1.82, 2.24) is 25.1 Å². The van der Waals surface area contributed by atoms with Crippen LogP contribution in [0.3, 0.4) is 0 Å². The third kappa shape index (κ3) is 4.59. The first kappa shape index (κ1) is 25.3. The van der Waals surface area contributed by atoms with Crippen molar-refractivity contribution in [2.24, 2.45) is 5.92 Å². The Balaban J connectivity index is 1.46. The topological polar surface area (TPSA) is 84.8 Å². The van der Waals surface area contributed by atoms with Crippen LogP contribution in [-0.2, 0) is 4.79 Å². The highest BCUT2D eigenvalue weighted by atomic mass is 35.5. The lowest BCUT2D eigenvalue weighted by Crippen LogP contribution is -2.31. The second kappa shape index (κ2) is 10.2. The number of ether oxygens (including phenoxy) is 1. The lowest BCUT2D eigenvalue weighted by atomic mass is 9.85. The Morgan fingerprint density at radius 2 is 2.05 bits per heavy atom. The Morgan fingerprint density at radius 1 is 1.30 bits per heavy atom. The Labute approximate surface area is 220 Å². The summed E-state index contributed by atoms with van der Waals surface area (Å²) in [6, 6.07) is 5.29. The van der Waals surface area contributed by atoms with Crippen LogP contribution in [0.1, 0.15) is 61.4 Å². The molecule has 1 fully saturated rings. The second-order valence-corrected chi connectivity index (χ2v) is 10.2. The van der Waals surface area contributed by atoms with Gasteiger partial charge in [-0.3, -0.25) is 9.48 Å². The highest BCUT2D eigenvalue weighted by Gasteiger charge is 2.28. The third-order valence-electron chi connectivity index (χ3n) is 7.69. The first-order valence-electron chi connectivity index (χ1n) is 12.6. The molecule has 0 saturated heterocycles. The monoisotopic (exact) mass is 523 g/mol. The summed E-state index contributed by atoms with van der Waals surface area (Å²) < 4.78 is 21.9. The molecule has 7 nitrogen and oxygen atoms in total. The van der Waals surface area contributed by atoms with Crippen molar-refractivity contribution in [2.75, 3.05) is 14.2 Å². The van der Waals surface area contributed by atoms with Gasteiger partial charge >= 0.3 is 0 Å². The van der Waals surface area contributed by atoms with Crippen molar-refractivity contribution in [3.63, 3.8) is 0 Å². The van der Waals surface area contributed by atoms with Gasteiger partial charge < -0.3 is 15.0 Å². The Morgan fingerprint density at radius 3 is 2.76 bits per heavy atom. The number of benzene rings is 1. The summed E-state index contributed by atoms with van der Waals surface area (Å²) >= 11 is 6.39. The average Bonchev–Trinajstić information content (AvgIpc) is 3.52. The SMILES string of the molecule is CNC(=O)C1CCC(n2cc(-c3cnc4[nH]cc(C(C)c5c(OC)ccc(F)c5Cl)c4c3)c(C)n2)CC1. The van der Waals surface area contributed by atoms with Gasteiger partial charge in [0, 0.05) is 59.6 Å². The quantitative estimate of drug-likeness (QED) is 0.317. The number of methoxy groups -OCH3 is 1. The Kier molecular flexibility index (Phi) is 6.94. The number of aryl methyl sites for hydroxylation is 1. The van der Waals surface area contributed by atoms with E-state index in [1.807, 2.05) is 30.9 Å². The number of halogens is 2. The maximum atomic E-state index is 14.3. The van der Waals surface area contributed by atoms with E-state index in [4.69, 9.17) is 21.4 Å². The van der Waals surface area contributed by atoms with Gasteiger partial charge in [-0.15, -0.1) is 0 Å². The second-order valence-electron chi connectivity index (χ2n) is 9.79. The number of rotatable bonds is 6. The van der Waals surface area contributed by atoms with E-state index in [0.717, 1.165) is 59.1 Å². The number of hydrogen-bond acceptors (Lipinski definition) is 4. The maximum Gasteiger partial charge on any atom is 0.222 e. The van der Waals surface area contributed by atoms with Gasteiger partial charge in [-0.1, -0.05) is 18.5 Å². The number of pyridine rings is 1. The first-order chi connectivity index (χ1) is 17.8. The molecule has 1 saturated carbocycles. The number of hydrogen-bond donors (Lipinski definition) is 2. The van der Waals surface area contributed by atoms with Gasteiger partial charge in [-0.25, -0.2) is 9.37 Å². The molecular formula is C28H31ClFN5O2. The van der Waals surface area contributed by atoms with Gasteiger partial charge in [0.15, 0.2) is 0 Å². The molecule has 194 valence electrons. The van der Waals surface area contributed by atoms with Crippen molar-refractivity contribution in [3.8, 4) is 16.9 Å². The fourth-order valence-electron chi connectivity index (χ4n) is 5.57. The average molecular weight is 524 g/mol. The van der Waals surface area contributed by atoms with Crippen LogP contribution < -0.4 is 10.1 Å². The van der Waals surface area contributed by atoms with E-state index in [1.165, 1.54) is 6.07 Å². The summed E-state index contributed by atoms with van der Waals surface area (Å²) in [5.41, 5.74) is 5.20. The van der Waals surface area contributed by atoms with Crippen molar-refractivity contribution in [3.05, 3.63) is 64.5 Å². The number of H-pyrrole nitrogens is 1. The number of carbonyl (C=O) groups is 1. The number of nitrogens with zero attached hydrogens (tertiary/aromatic N) is 3. The zero-order valence-corrected chi connectivity index (χ0v) is 22.2. The van der Waals surface area contributed by atoms with Crippen LogP contribution in [0.15, 0.2) is 36.8 Å². The van der Waals surface area contributed by atoms with Crippen molar-refractivity contribution < 1.29 is 13.9 Å². The molecule has 3 heterocycles. The fraction of sp³-hybridized carbons (Fsp3) is 0.393. The molecule has 0 radical (unpaired) electrons. The fourth-order valence-corrected chi connectivity index (χ4v) is 5.89. The number of aromatic amines is 1. The summed E-state index contributed by atoms with van der Waals surface area (Å²) in [4.78, 5) is 19.9. The van der Waals surface area contributed by atoms with Crippen LogP contribution in [0.5, 0.6) is 5.75 Å². The van der Waals surface area contributed by atoms with E-state index in [2.05, 4.69) is 27.5 Å². The maximum absolute atomic E-state index is 14.3. The summed E-state index contributed by atoms with van der Waals surface area (Å²) in [7, 11) is 3.25. The van der Waals surface area contributed by atoms with Gasteiger partial charge in [-0.2, -0.15) is 5.10 Å². The zero-order valence-electron chi connectivity index (χ0n) is 21.4. The molecule has 1 aromatic carbocycles. The van der Waals surface area contributed by atoms with E-state index >= 15 is 0 Å². The van der Waals surface area contributed by atoms with E-state index in [0.29, 0.717) is 11.3 Å². The van der Waals surface area contributed by atoms with Gasteiger partial charge in [0.25, 0.3) is 0 Å². The van der Waals surface area contributed by atoms with E-state index in [-0.39, 0.29) is 28.8 Å². The number of amides is 1. The molecule has 1 unspecified atom stereocenters. The summed E-state index contributed by atoms with van der Waals surface area (Å²) in [5.74, 6) is 0.0475. The lowest BCUT2D eigenvalue weighted by molar-refractivity contribution is -0.125. The van der Waals surface area contributed by atoms with E-state index < -0.39 is 5.82 Å². The first-order valence-corrected chi connectivity index (χ1v) is 13.0. The number of carbonyl (C=O) groups excluding carboxylic acids is 1. The van der Waals surface area contributed by atoms with Gasteiger partial charge in [0.2, 0.25) is 5.91 Å². The standard InChI is InChI=1S/C28H31ClFN5O2/c1-15(25-24(37-4)10-9-23(30)26(25)29)21-13-33-27-20(21)11-18(12-32-27)22-14-35(34-16(22)2)19-7-5-17(6-8-19)28(36)31-3/h9-15,17,19H,5-8H2,1-4H3,(H,31,36)(H,32,33). The van der Waals surface area contributed by atoms with Crippen molar-refractivity contribution in [2.45, 2.75) is 51.5 Å². The van der Waals surface area contributed by atoms with Crippen LogP contribution in [0, 0.1) is 18.7 Å². The third-order valence-corrected chi connectivity index (χ3v) is 8.07. The molecule has 2 N–H and O–H groups in total. The lowest BCUT2D eigenvalue weighted by Gasteiger charge is -2.27. The van der Waals surface area contributed by atoms with Crippen LogP contribution in [0.4, 0.5) is 4.39 Å². The Bertz CT molecular complexity index is 1450. The number of nitrogens with one attached hydrogen (secondary N) is 2. The normalized spacial score (nSPS) is 18.6. The minimum absolute atomic E-state index is 0.0635. The highest BCUT2D eigenvalue weighted by Crippen LogP contribution is 2.41. The molecule has 3 aromatic heterocycles. The van der Waals surface area contributed by atoms with Crippen LogP contribution in [0.2, 0.25) is 5.02 Å². The summed E-state index contributed by atoms with van der Waals surface area (Å²) in [6.45, 7) is 3.99. The largest absolute Gasteiger partial charge is 0.496 e. The molecule has 1 amide bonds. The molecule has 9 heteroatoms. The molecule has 5 rings (SSSR count). The highest BCUT2D eigenvalue weighted by molar-refractivity contribution is 6.31. The summed E-state index contributed by atoms with van der Waals surface area (Å²) in [5, 5.41) is 8.59. The Hall–Kier alpha value is -3.39. The summed E-state index contributed by atoms with van der Waals surface area (Å²) in [6.07, 6.45) is 9.40. The van der Waals surface area contributed by atoms with Crippen molar-refractivity contribution in [1.29, 1.82) is 0 Å². The molecule has 0 spiro atoms. The van der Waals surface area contributed by atoms with E-state index in [1.54, 1.807) is 20.2 Å².